The van der Waals surface area contributed by atoms with Gasteiger partial charge in [0.25, 0.3) is 0 Å². The number of rotatable bonds is 8. The third-order valence-corrected chi connectivity index (χ3v) is 5.73. The molecule has 2 rings (SSSR count). The maximum atomic E-state index is 12.2. The molecule has 0 amide bonds. The number of carbonyl (C=O) groups is 1. The van der Waals surface area contributed by atoms with Crippen LogP contribution in [0.5, 0.6) is 0 Å². The van der Waals surface area contributed by atoms with Crippen LogP contribution < -0.4 is 0 Å². The Morgan fingerprint density at radius 1 is 1.22 bits per heavy atom. The Kier molecular flexibility index (Phi) is 7.61. The summed E-state index contributed by atoms with van der Waals surface area (Å²) in [4.78, 5) is 14.8. The Bertz CT molecular complexity index is 393. The lowest BCUT2D eigenvalue weighted by Crippen LogP contribution is -2.53. The number of unbranched alkanes of at least 4 members (excludes halogenated alkanes) is 3. The minimum Gasteiger partial charge on any atom is -0.466 e. The molecule has 2 unspecified atom stereocenters. The van der Waals surface area contributed by atoms with E-state index in [9.17, 15) is 4.79 Å². The third kappa shape index (κ3) is 5.07. The van der Waals surface area contributed by atoms with Crippen LogP contribution >= 0.6 is 0 Å². The molecule has 0 aromatic carbocycles. The fourth-order valence-electron chi connectivity index (χ4n) is 4.52. The molecule has 0 saturated carbocycles. The lowest BCUT2D eigenvalue weighted by Gasteiger charge is -2.51. The summed E-state index contributed by atoms with van der Waals surface area (Å²) >= 11 is 0. The monoisotopic (exact) mass is 321 g/mol. The van der Waals surface area contributed by atoms with Crippen molar-refractivity contribution in [3.05, 3.63) is 12.2 Å². The van der Waals surface area contributed by atoms with E-state index in [0.29, 0.717) is 24.5 Å². The second kappa shape index (κ2) is 9.46. The molecule has 23 heavy (non-hydrogen) atoms. The summed E-state index contributed by atoms with van der Waals surface area (Å²) < 4.78 is 5.29. The van der Waals surface area contributed by atoms with Gasteiger partial charge in [-0.15, -0.1) is 0 Å². The summed E-state index contributed by atoms with van der Waals surface area (Å²) in [5.74, 6) is -0.00751. The summed E-state index contributed by atoms with van der Waals surface area (Å²) in [7, 11) is 0. The van der Waals surface area contributed by atoms with Crippen LogP contribution in [0.4, 0.5) is 0 Å². The van der Waals surface area contributed by atoms with Crippen molar-refractivity contribution in [2.45, 2.75) is 84.1 Å². The van der Waals surface area contributed by atoms with Gasteiger partial charge in [-0.3, -0.25) is 9.69 Å². The van der Waals surface area contributed by atoms with Gasteiger partial charge in [0, 0.05) is 6.04 Å². The molecule has 1 spiro atoms. The van der Waals surface area contributed by atoms with Crippen molar-refractivity contribution in [3.63, 3.8) is 0 Å². The summed E-state index contributed by atoms with van der Waals surface area (Å²) in [6.45, 7) is 6.96. The summed E-state index contributed by atoms with van der Waals surface area (Å²) in [5.41, 5.74) is 0.310. The molecule has 0 aromatic heterocycles. The van der Waals surface area contributed by atoms with Gasteiger partial charge in [-0.1, -0.05) is 38.3 Å². The number of ether oxygens (including phenoxy) is 1. The highest BCUT2D eigenvalue weighted by Crippen LogP contribution is 2.46. The first-order chi connectivity index (χ1) is 11.2. The molecule has 1 heterocycles. The minimum absolute atomic E-state index is 0.00751. The van der Waals surface area contributed by atoms with E-state index in [1.807, 2.05) is 6.92 Å². The van der Waals surface area contributed by atoms with E-state index in [2.05, 4.69) is 24.0 Å². The molecule has 3 heteroatoms. The number of esters is 1. The van der Waals surface area contributed by atoms with Crippen molar-refractivity contribution < 1.29 is 9.53 Å². The average molecular weight is 322 g/mol. The van der Waals surface area contributed by atoms with E-state index in [4.69, 9.17) is 4.74 Å². The zero-order valence-corrected chi connectivity index (χ0v) is 15.2. The second-order valence-electron chi connectivity index (χ2n) is 7.30. The van der Waals surface area contributed by atoms with Crippen LogP contribution in [-0.4, -0.2) is 36.6 Å². The highest BCUT2D eigenvalue weighted by molar-refractivity contribution is 5.70. The van der Waals surface area contributed by atoms with Crippen molar-refractivity contribution in [1.82, 2.24) is 4.90 Å². The average Bonchev–Trinajstić information content (AvgIpc) is 2.56. The van der Waals surface area contributed by atoms with Crippen LogP contribution in [0.25, 0.3) is 0 Å². The standard InChI is InChI=1S/C20H35NO2/c1-3-5-6-10-15-21-16-11-14-20(12-8-7-9-13-20)18(21)17-19(22)23-4-2/h7-8,18H,3-6,9-17H2,1-2H3. The molecule has 1 saturated heterocycles. The maximum Gasteiger partial charge on any atom is 0.307 e. The first-order valence-electron chi connectivity index (χ1n) is 9.76. The van der Waals surface area contributed by atoms with Crippen molar-refractivity contribution in [2.24, 2.45) is 5.41 Å². The quantitative estimate of drug-likeness (QED) is 0.368. The van der Waals surface area contributed by atoms with Gasteiger partial charge in [-0.25, -0.2) is 0 Å². The van der Waals surface area contributed by atoms with Gasteiger partial charge in [0.15, 0.2) is 0 Å². The molecular formula is C20H35NO2. The molecule has 1 aliphatic heterocycles. The maximum absolute atomic E-state index is 12.2. The van der Waals surface area contributed by atoms with Gasteiger partial charge in [-0.05, 0) is 64.0 Å². The normalized spacial score (nSPS) is 28.2. The topological polar surface area (TPSA) is 29.5 Å². The highest BCUT2D eigenvalue weighted by atomic mass is 16.5. The molecule has 132 valence electrons. The first kappa shape index (κ1) is 18.5. The number of carbonyl (C=O) groups excluding carboxylic acids is 1. The minimum atomic E-state index is -0.00751. The predicted octanol–water partition coefficient (Wildman–Crippen LogP) is 4.71. The molecule has 0 aromatic rings. The number of hydrogen-bond acceptors (Lipinski definition) is 3. The Hall–Kier alpha value is -0.830. The van der Waals surface area contributed by atoms with Crippen LogP contribution in [0, 0.1) is 5.41 Å². The summed E-state index contributed by atoms with van der Waals surface area (Å²) in [6, 6.07) is 0.377. The third-order valence-electron chi connectivity index (χ3n) is 5.73. The number of piperidine rings is 1. The number of allylic oxidation sites excluding steroid dienone is 2. The predicted molar refractivity (Wildman–Crippen MR) is 95.4 cm³/mol. The molecule has 0 bridgehead atoms. The highest BCUT2D eigenvalue weighted by Gasteiger charge is 2.44. The van der Waals surface area contributed by atoms with Gasteiger partial charge >= 0.3 is 5.97 Å². The molecule has 1 aliphatic carbocycles. The lowest BCUT2D eigenvalue weighted by molar-refractivity contribution is -0.147. The zero-order valence-electron chi connectivity index (χ0n) is 15.2. The van der Waals surface area contributed by atoms with Gasteiger partial charge in [0.2, 0.25) is 0 Å². The second-order valence-corrected chi connectivity index (χ2v) is 7.30. The molecule has 2 aliphatic rings. The van der Waals surface area contributed by atoms with E-state index < -0.39 is 0 Å². The van der Waals surface area contributed by atoms with Crippen molar-refractivity contribution in [3.8, 4) is 0 Å². The molecule has 3 nitrogen and oxygen atoms in total. The largest absolute Gasteiger partial charge is 0.466 e. The molecule has 0 radical (unpaired) electrons. The van der Waals surface area contributed by atoms with Crippen LogP contribution in [0.2, 0.25) is 0 Å². The first-order valence-corrected chi connectivity index (χ1v) is 9.76. The molecule has 0 N–H and O–H groups in total. The van der Waals surface area contributed by atoms with Crippen LogP contribution in [0.1, 0.15) is 78.1 Å². The smallest absolute Gasteiger partial charge is 0.307 e. The van der Waals surface area contributed by atoms with Gasteiger partial charge in [-0.2, -0.15) is 0 Å². The van der Waals surface area contributed by atoms with Crippen LogP contribution in [-0.2, 0) is 9.53 Å². The van der Waals surface area contributed by atoms with E-state index in [-0.39, 0.29) is 5.97 Å². The van der Waals surface area contributed by atoms with Crippen molar-refractivity contribution in [1.29, 1.82) is 0 Å². The van der Waals surface area contributed by atoms with Gasteiger partial charge < -0.3 is 4.74 Å². The Morgan fingerprint density at radius 3 is 2.78 bits per heavy atom. The Morgan fingerprint density at radius 2 is 2.09 bits per heavy atom. The molecular weight excluding hydrogens is 286 g/mol. The molecule has 2 atom stereocenters. The van der Waals surface area contributed by atoms with E-state index in [1.165, 1.54) is 51.4 Å². The van der Waals surface area contributed by atoms with E-state index in [1.54, 1.807) is 0 Å². The Balaban J connectivity index is 2.04. The lowest BCUT2D eigenvalue weighted by atomic mass is 9.65. The summed E-state index contributed by atoms with van der Waals surface area (Å²) in [6.07, 6.45) is 16.5. The fraction of sp³-hybridized carbons (Fsp3) is 0.850. The summed E-state index contributed by atoms with van der Waals surface area (Å²) in [5, 5.41) is 0. The SMILES string of the molecule is CCCCCCN1CCCC2(CC=CCC2)C1CC(=O)OCC. The molecule has 1 fully saturated rings. The Labute approximate surface area is 142 Å². The van der Waals surface area contributed by atoms with E-state index >= 15 is 0 Å². The van der Waals surface area contributed by atoms with E-state index in [0.717, 1.165) is 19.5 Å². The van der Waals surface area contributed by atoms with Gasteiger partial charge in [0.05, 0.1) is 13.0 Å². The number of nitrogens with zero attached hydrogens (tertiary/aromatic N) is 1. The zero-order chi connectivity index (χ0) is 16.5. The fourth-order valence-corrected chi connectivity index (χ4v) is 4.52. The van der Waals surface area contributed by atoms with Crippen molar-refractivity contribution in [2.75, 3.05) is 19.7 Å². The number of hydrogen-bond donors (Lipinski definition) is 0. The van der Waals surface area contributed by atoms with Gasteiger partial charge in [0.1, 0.15) is 0 Å². The van der Waals surface area contributed by atoms with Crippen LogP contribution in [0.3, 0.4) is 0 Å². The number of likely N-dealkylation sites (tertiary alicyclic amines) is 1. The van der Waals surface area contributed by atoms with Crippen LogP contribution in [0.15, 0.2) is 12.2 Å². The van der Waals surface area contributed by atoms with Crippen molar-refractivity contribution >= 4 is 5.97 Å².